The molecular formula is C10H13F2NO2S. The van der Waals surface area contributed by atoms with Gasteiger partial charge in [-0.25, -0.2) is 17.2 Å². The lowest BCUT2D eigenvalue weighted by Crippen LogP contribution is -2.29. The molecule has 0 unspecified atom stereocenters. The Hall–Kier alpha value is -1.01. The molecule has 2 N–H and O–H groups in total. The largest absolute Gasteiger partial charge is 0.322 e. The fraction of sp³-hybridized carbons (Fsp3) is 0.400. The third-order valence-electron chi connectivity index (χ3n) is 2.11. The molecule has 0 atom stereocenters. The quantitative estimate of drug-likeness (QED) is 0.865. The molecule has 3 nitrogen and oxygen atoms in total. The summed E-state index contributed by atoms with van der Waals surface area (Å²) < 4.78 is 49.2. The van der Waals surface area contributed by atoms with Crippen LogP contribution in [-0.2, 0) is 15.4 Å². The second-order valence-electron chi connectivity index (χ2n) is 4.26. The Balaban J connectivity index is 3.53. The minimum atomic E-state index is -3.92. The SMILES string of the molecule is CC(C)(N)c1cc(F)c(S(C)(=O)=O)c(F)c1. The van der Waals surface area contributed by atoms with E-state index in [9.17, 15) is 17.2 Å². The van der Waals surface area contributed by atoms with Crippen LogP contribution in [0.4, 0.5) is 8.78 Å². The van der Waals surface area contributed by atoms with E-state index in [1.165, 1.54) is 0 Å². The molecule has 0 radical (unpaired) electrons. The van der Waals surface area contributed by atoms with Gasteiger partial charge in [-0.3, -0.25) is 0 Å². The van der Waals surface area contributed by atoms with Gasteiger partial charge >= 0.3 is 0 Å². The van der Waals surface area contributed by atoms with Gasteiger partial charge in [0.25, 0.3) is 0 Å². The van der Waals surface area contributed by atoms with Crippen LogP contribution in [0.25, 0.3) is 0 Å². The number of benzene rings is 1. The molecule has 0 aromatic heterocycles. The zero-order valence-electron chi connectivity index (χ0n) is 9.21. The third kappa shape index (κ3) is 2.56. The van der Waals surface area contributed by atoms with Gasteiger partial charge in [0, 0.05) is 11.8 Å². The van der Waals surface area contributed by atoms with Gasteiger partial charge < -0.3 is 5.73 Å². The highest BCUT2D eigenvalue weighted by molar-refractivity contribution is 7.90. The molecule has 0 saturated carbocycles. The van der Waals surface area contributed by atoms with Gasteiger partial charge in [0.1, 0.15) is 16.5 Å². The van der Waals surface area contributed by atoms with Crippen molar-refractivity contribution >= 4 is 9.84 Å². The van der Waals surface area contributed by atoms with Crippen molar-refractivity contribution in [3.8, 4) is 0 Å². The van der Waals surface area contributed by atoms with Crippen molar-refractivity contribution in [3.05, 3.63) is 29.3 Å². The summed E-state index contributed by atoms with van der Waals surface area (Å²) in [5, 5.41) is 0. The predicted octanol–water partition coefficient (Wildman–Crippen LogP) is 1.56. The lowest BCUT2D eigenvalue weighted by atomic mass is 9.95. The van der Waals surface area contributed by atoms with E-state index < -0.39 is 31.9 Å². The van der Waals surface area contributed by atoms with Crippen LogP contribution in [0, 0.1) is 11.6 Å². The van der Waals surface area contributed by atoms with Gasteiger partial charge in [0.15, 0.2) is 9.84 Å². The molecule has 6 heteroatoms. The van der Waals surface area contributed by atoms with Crippen molar-refractivity contribution in [2.24, 2.45) is 5.73 Å². The fourth-order valence-corrected chi connectivity index (χ4v) is 2.11. The van der Waals surface area contributed by atoms with Crippen molar-refractivity contribution < 1.29 is 17.2 Å². The van der Waals surface area contributed by atoms with Gasteiger partial charge in [0.05, 0.1) is 0 Å². The maximum absolute atomic E-state index is 13.5. The molecule has 0 amide bonds. The van der Waals surface area contributed by atoms with Gasteiger partial charge in [-0.2, -0.15) is 0 Å². The molecule has 0 fully saturated rings. The molecule has 1 aromatic carbocycles. The molecule has 1 aromatic rings. The van der Waals surface area contributed by atoms with E-state index in [4.69, 9.17) is 5.73 Å². The summed E-state index contributed by atoms with van der Waals surface area (Å²) in [6, 6.07) is 1.89. The highest BCUT2D eigenvalue weighted by Crippen LogP contribution is 2.25. The van der Waals surface area contributed by atoms with Crippen molar-refractivity contribution in [2.45, 2.75) is 24.3 Å². The second-order valence-corrected chi connectivity index (χ2v) is 6.22. The Labute approximate surface area is 93.2 Å². The number of hydrogen-bond acceptors (Lipinski definition) is 3. The molecule has 0 aliphatic carbocycles. The van der Waals surface area contributed by atoms with Gasteiger partial charge in [0.2, 0.25) is 0 Å². The van der Waals surface area contributed by atoms with Gasteiger partial charge in [-0.05, 0) is 31.5 Å². The maximum Gasteiger partial charge on any atom is 0.181 e. The van der Waals surface area contributed by atoms with E-state index in [1.54, 1.807) is 13.8 Å². The van der Waals surface area contributed by atoms with Crippen LogP contribution < -0.4 is 5.73 Å². The normalized spacial score (nSPS) is 12.9. The summed E-state index contributed by atoms with van der Waals surface area (Å²) in [5.41, 5.74) is 4.94. The van der Waals surface area contributed by atoms with Crippen molar-refractivity contribution in [1.82, 2.24) is 0 Å². The smallest absolute Gasteiger partial charge is 0.181 e. The first-order valence-electron chi connectivity index (χ1n) is 4.52. The Morgan fingerprint density at radius 2 is 1.56 bits per heavy atom. The zero-order valence-corrected chi connectivity index (χ0v) is 10.0. The molecule has 16 heavy (non-hydrogen) atoms. The van der Waals surface area contributed by atoms with E-state index in [-0.39, 0.29) is 5.56 Å². The maximum atomic E-state index is 13.5. The van der Waals surface area contributed by atoms with Crippen molar-refractivity contribution in [1.29, 1.82) is 0 Å². The van der Waals surface area contributed by atoms with Crippen molar-refractivity contribution in [2.75, 3.05) is 6.26 Å². The average Bonchev–Trinajstić information content (AvgIpc) is 1.97. The van der Waals surface area contributed by atoms with E-state index >= 15 is 0 Å². The molecule has 1 rings (SSSR count). The number of hydrogen-bond donors (Lipinski definition) is 1. The number of halogens is 2. The van der Waals surface area contributed by atoms with Crippen LogP contribution in [0.1, 0.15) is 19.4 Å². The minimum absolute atomic E-state index is 0.204. The van der Waals surface area contributed by atoms with Crippen LogP contribution in [0.5, 0.6) is 0 Å². The summed E-state index contributed by atoms with van der Waals surface area (Å²) in [6.07, 6.45) is 0.752. The molecule has 0 heterocycles. The molecule has 0 bridgehead atoms. The van der Waals surface area contributed by atoms with Crippen LogP contribution in [0.3, 0.4) is 0 Å². The van der Waals surface area contributed by atoms with E-state index in [0.717, 1.165) is 18.4 Å². The summed E-state index contributed by atoms with van der Waals surface area (Å²) in [5.74, 6) is -2.23. The monoisotopic (exact) mass is 249 g/mol. The highest BCUT2D eigenvalue weighted by atomic mass is 32.2. The van der Waals surface area contributed by atoms with E-state index in [1.807, 2.05) is 0 Å². The molecule has 0 spiro atoms. The third-order valence-corrected chi connectivity index (χ3v) is 3.24. The standard InChI is InChI=1S/C10H13F2NO2S/c1-10(2,13)6-4-7(11)9(8(12)5-6)16(3,14)15/h4-5H,13H2,1-3H3. The number of sulfone groups is 1. The predicted molar refractivity (Wildman–Crippen MR) is 56.7 cm³/mol. The van der Waals surface area contributed by atoms with E-state index in [0.29, 0.717) is 0 Å². The van der Waals surface area contributed by atoms with Gasteiger partial charge in [-0.15, -0.1) is 0 Å². The van der Waals surface area contributed by atoms with Crippen LogP contribution >= 0.6 is 0 Å². The molecule has 0 saturated heterocycles. The van der Waals surface area contributed by atoms with Crippen LogP contribution in [0.2, 0.25) is 0 Å². The molecule has 0 aliphatic rings. The lowest BCUT2D eigenvalue weighted by Gasteiger charge is -2.20. The Morgan fingerprint density at radius 1 is 1.19 bits per heavy atom. The van der Waals surface area contributed by atoms with E-state index in [2.05, 4.69) is 0 Å². The summed E-state index contributed by atoms with van der Waals surface area (Å²) in [4.78, 5) is -0.916. The summed E-state index contributed by atoms with van der Waals surface area (Å²) in [6.45, 7) is 3.14. The summed E-state index contributed by atoms with van der Waals surface area (Å²) >= 11 is 0. The second kappa shape index (κ2) is 3.78. The number of rotatable bonds is 2. The van der Waals surface area contributed by atoms with Gasteiger partial charge in [-0.1, -0.05) is 0 Å². The fourth-order valence-electron chi connectivity index (χ4n) is 1.29. The molecule has 90 valence electrons. The van der Waals surface area contributed by atoms with Crippen molar-refractivity contribution in [3.63, 3.8) is 0 Å². The van der Waals surface area contributed by atoms with Crippen LogP contribution in [0.15, 0.2) is 17.0 Å². The Bertz CT molecular complexity index is 495. The minimum Gasteiger partial charge on any atom is -0.322 e. The Kier molecular flexibility index (Phi) is 3.08. The first-order valence-corrected chi connectivity index (χ1v) is 6.41. The topological polar surface area (TPSA) is 60.2 Å². The number of nitrogens with two attached hydrogens (primary N) is 1. The molecular weight excluding hydrogens is 236 g/mol. The first-order chi connectivity index (χ1) is 7.03. The summed E-state index contributed by atoms with van der Waals surface area (Å²) in [7, 11) is -3.92. The lowest BCUT2D eigenvalue weighted by molar-refractivity contribution is 0.495. The first kappa shape index (κ1) is 13.1. The zero-order chi connectivity index (χ0) is 12.7. The average molecular weight is 249 g/mol. The van der Waals surface area contributed by atoms with Crippen LogP contribution in [-0.4, -0.2) is 14.7 Å². The Morgan fingerprint density at radius 3 is 1.81 bits per heavy atom. The molecule has 0 aliphatic heterocycles. The highest BCUT2D eigenvalue weighted by Gasteiger charge is 2.24.